The number of halogens is 1. The number of hydrogen-bond donors (Lipinski definition) is 2. The number of aromatic nitrogens is 1. The monoisotopic (exact) mass is 586 g/mol. The first kappa shape index (κ1) is 30.8. The maximum absolute atomic E-state index is 11.9. The summed E-state index contributed by atoms with van der Waals surface area (Å²) in [5, 5.41) is 12.2. The van der Waals surface area contributed by atoms with Crippen LogP contribution in [-0.2, 0) is 11.2 Å². The van der Waals surface area contributed by atoms with Gasteiger partial charge in [0, 0.05) is 15.7 Å². The highest BCUT2D eigenvalue weighted by atomic mass is 35.5. The summed E-state index contributed by atoms with van der Waals surface area (Å²) in [5.74, 6) is 0.327. The molecule has 1 heterocycles. The van der Waals surface area contributed by atoms with Gasteiger partial charge < -0.3 is 10.8 Å². The molecule has 0 saturated carbocycles. The third kappa shape index (κ3) is 9.19. The molecule has 0 fully saturated rings. The van der Waals surface area contributed by atoms with E-state index in [1.165, 1.54) is 11.1 Å². The fourth-order valence-corrected chi connectivity index (χ4v) is 6.33. The predicted molar refractivity (Wildman–Crippen MR) is 175 cm³/mol. The molecule has 0 radical (unpaired) electrons. The van der Waals surface area contributed by atoms with Crippen molar-refractivity contribution in [3.63, 3.8) is 0 Å². The second-order valence-corrected chi connectivity index (χ2v) is 13.0. The van der Waals surface area contributed by atoms with E-state index < -0.39 is 5.60 Å². The summed E-state index contributed by atoms with van der Waals surface area (Å²) in [5.41, 5.74) is 11.3. The zero-order valence-corrected chi connectivity index (χ0v) is 25.6. The number of aliphatic hydroxyl groups is 1. The van der Waals surface area contributed by atoms with Crippen molar-refractivity contribution in [2.24, 2.45) is 5.73 Å². The van der Waals surface area contributed by atoms with Crippen LogP contribution in [0, 0.1) is 0 Å². The molecule has 3 aromatic carbocycles. The first-order chi connectivity index (χ1) is 19.6. The number of primary amides is 1. The molecule has 0 bridgehead atoms. The molecule has 4 aromatic rings. The number of nitrogens with zero attached hydrogens (tertiary/aromatic N) is 1. The zero-order valence-electron chi connectivity index (χ0n) is 24.0. The average molecular weight is 587 g/mol. The summed E-state index contributed by atoms with van der Waals surface area (Å²) in [7, 11) is 0. The lowest BCUT2D eigenvalue weighted by Crippen LogP contribution is -2.20. The van der Waals surface area contributed by atoms with Gasteiger partial charge in [-0.2, -0.15) is 11.8 Å². The molecule has 0 aliphatic rings. The van der Waals surface area contributed by atoms with Gasteiger partial charge in [-0.25, -0.2) is 4.98 Å². The van der Waals surface area contributed by atoms with Crippen molar-refractivity contribution in [3.8, 4) is 0 Å². The number of rotatable bonds is 13. The van der Waals surface area contributed by atoms with Gasteiger partial charge in [-0.1, -0.05) is 78.3 Å². The number of thioether (sulfide) groups is 1. The third-order valence-corrected chi connectivity index (χ3v) is 8.95. The van der Waals surface area contributed by atoms with Gasteiger partial charge in [-0.3, -0.25) is 4.79 Å². The van der Waals surface area contributed by atoms with Gasteiger partial charge in [0.1, 0.15) is 0 Å². The summed E-state index contributed by atoms with van der Waals surface area (Å²) in [6.07, 6.45) is 7.61. The van der Waals surface area contributed by atoms with Crippen LogP contribution in [0.4, 0.5) is 0 Å². The van der Waals surface area contributed by atoms with Crippen LogP contribution in [0.1, 0.15) is 79.1 Å². The van der Waals surface area contributed by atoms with Crippen molar-refractivity contribution in [3.05, 3.63) is 112 Å². The SMILES string of the molecule is CC(C(N)=O)c1ccccc1CCC(SCCCC(C)(C)O)c1cccc(C=Cc2ccc3ccc(Cl)cc3n2)c1. The second-order valence-electron chi connectivity index (χ2n) is 11.2. The number of fused-ring (bicyclic) bond motifs is 1. The molecule has 4 rings (SSSR count). The van der Waals surface area contributed by atoms with Crippen molar-refractivity contribution < 1.29 is 9.90 Å². The maximum atomic E-state index is 11.9. The number of nitrogens with two attached hydrogens (primary N) is 1. The fourth-order valence-electron chi connectivity index (χ4n) is 4.94. The quantitative estimate of drug-likeness (QED) is 0.154. The first-order valence-corrected chi connectivity index (χ1v) is 15.6. The van der Waals surface area contributed by atoms with E-state index >= 15 is 0 Å². The summed E-state index contributed by atoms with van der Waals surface area (Å²) in [6, 6.07) is 26.6. The Morgan fingerprint density at radius 1 is 1.05 bits per heavy atom. The highest BCUT2D eigenvalue weighted by molar-refractivity contribution is 7.99. The lowest BCUT2D eigenvalue weighted by atomic mass is 9.91. The molecule has 0 saturated heterocycles. The molecule has 0 aliphatic carbocycles. The Morgan fingerprint density at radius 2 is 1.83 bits per heavy atom. The smallest absolute Gasteiger partial charge is 0.224 e. The van der Waals surface area contributed by atoms with Crippen LogP contribution in [0.2, 0.25) is 5.02 Å². The number of pyridine rings is 1. The Balaban J connectivity index is 1.53. The van der Waals surface area contributed by atoms with Crippen LogP contribution in [0.15, 0.2) is 78.9 Å². The molecule has 6 heteroatoms. The van der Waals surface area contributed by atoms with Crippen molar-refractivity contribution in [1.29, 1.82) is 0 Å². The van der Waals surface area contributed by atoms with Crippen molar-refractivity contribution >= 4 is 52.3 Å². The van der Waals surface area contributed by atoms with Gasteiger partial charge in [-0.05, 0) is 98.7 Å². The summed E-state index contributed by atoms with van der Waals surface area (Å²) in [6.45, 7) is 5.60. The summed E-state index contributed by atoms with van der Waals surface area (Å²) in [4.78, 5) is 16.7. The highest BCUT2D eigenvalue weighted by Crippen LogP contribution is 2.36. The normalized spacial score (nSPS) is 13.5. The molecule has 1 aromatic heterocycles. The summed E-state index contributed by atoms with van der Waals surface area (Å²) < 4.78 is 0. The molecule has 3 N–H and O–H groups in total. The Bertz CT molecular complexity index is 1510. The zero-order chi connectivity index (χ0) is 29.4. The van der Waals surface area contributed by atoms with E-state index in [1.54, 1.807) is 0 Å². The van der Waals surface area contributed by atoms with Crippen LogP contribution in [0.5, 0.6) is 0 Å². The molecule has 0 aliphatic heterocycles. The van der Waals surface area contributed by atoms with Crippen LogP contribution in [0.3, 0.4) is 0 Å². The number of benzene rings is 3. The third-order valence-electron chi connectivity index (χ3n) is 7.28. The molecule has 0 spiro atoms. The Hall–Kier alpha value is -3.12. The lowest BCUT2D eigenvalue weighted by Gasteiger charge is -2.21. The molecule has 2 unspecified atom stereocenters. The van der Waals surface area contributed by atoms with Crippen molar-refractivity contribution in [1.82, 2.24) is 4.98 Å². The maximum Gasteiger partial charge on any atom is 0.224 e. The second kappa shape index (κ2) is 14.2. The van der Waals surface area contributed by atoms with E-state index in [4.69, 9.17) is 22.3 Å². The minimum absolute atomic E-state index is 0.267. The highest BCUT2D eigenvalue weighted by Gasteiger charge is 2.19. The molecule has 1 amide bonds. The number of carbonyl (C=O) groups is 1. The van der Waals surface area contributed by atoms with Crippen LogP contribution in [-0.4, -0.2) is 27.4 Å². The van der Waals surface area contributed by atoms with Gasteiger partial charge in [0.15, 0.2) is 0 Å². The Morgan fingerprint density at radius 3 is 2.61 bits per heavy atom. The molecule has 2 atom stereocenters. The molecule has 4 nitrogen and oxygen atoms in total. The topological polar surface area (TPSA) is 76.2 Å². The van der Waals surface area contributed by atoms with Gasteiger partial charge in [-0.15, -0.1) is 0 Å². The van der Waals surface area contributed by atoms with Crippen LogP contribution in [0.25, 0.3) is 23.1 Å². The van der Waals surface area contributed by atoms with E-state index in [-0.39, 0.29) is 17.1 Å². The predicted octanol–water partition coefficient (Wildman–Crippen LogP) is 8.61. The van der Waals surface area contributed by atoms with Gasteiger partial charge in [0.2, 0.25) is 5.91 Å². The Kier molecular flexibility index (Phi) is 10.7. The van der Waals surface area contributed by atoms with Gasteiger partial charge in [0.25, 0.3) is 0 Å². The van der Waals surface area contributed by atoms with Crippen molar-refractivity contribution in [2.75, 3.05) is 5.75 Å². The first-order valence-electron chi connectivity index (χ1n) is 14.1. The number of hydrogen-bond acceptors (Lipinski definition) is 4. The molecule has 214 valence electrons. The molecular formula is C35H39ClN2O2S. The standard InChI is InChI=1S/C35H39ClN2O2S/c1-24(34(37)39)31-11-5-4-9-26(31)15-19-33(41-21-7-20-35(2,3)40)28-10-6-8-25(22-28)12-17-30-18-14-27-13-16-29(36)23-32(27)38-30/h4-6,8-14,16-18,22-24,33,40H,7,15,19-21H2,1-3H3,(H2,37,39). The van der Waals surface area contributed by atoms with Gasteiger partial charge >= 0.3 is 0 Å². The van der Waals surface area contributed by atoms with Crippen LogP contribution >= 0.6 is 23.4 Å². The van der Waals surface area contributed by atoms with E-state index in [0.29, 0.717) is 5.02 Å². The minimum atomic E-state index is -0.660. The van der Waals surface area contributed by atoms with E-state index in [0.717, 1.165) is 59.2 Å². The van der Waals surface area contributed by atoms with E-state index in [1.807, 2.05) is 81.1 Å². The molecular weight excluding hydrogens is 548 g/mol. The van der Waals surface area contributed by atoms with Crippen molar-refractivity contribution in [2.45, 2.75) is 63.2 Å². The van der Waals surface area contributed by atoms with E-state index in [9.17, 15) is 9.90 Å². The van der Waals surface area contributed by atoms with Crippen LogP contribution < -0.4 is 5.73 Å². The molecule has 41 heavy (non-hydrogen) atoms. The average Bonchev–Trinajstić information content (AvgIpc) is 2.94. The number of aryl methyl sites for hydroxylation is 1. The lowest BCUT2D eigenvalue weighted by molar-refractivity contribution is -0.119. The minimum Gasteiger partial charge on any atom is -0.390 e. The number of amides is 1. The fraction of sp³-hybridized carbons (Fsp3) is 0.314. The summed E-state index contributed by atoms with van der Waals surface area (Å²) >= 11 is 8.10. The van der Waals surface area contributed by atoms with Gasteiger partial charge in [0.05, 0.1) is 22.7 Å². The number of carbonyl (C=O) groups excluding carboxylic acids is 1. The largest absolute Gasteiger partial charge is 0.390 e. The Labute approximate surface area is 253 Å². The van der Waals surface area contributed by atoms with E-state index in [2.05, 4.69) is 42.5 Å².